The zero-order valence-corrected chi connectivity index (χ0v) is 17.5. The van der Waals surface area contributed by atoms with Crippen molar-refractivity contribution >= 4 is 46.0 Å². The summed E-state index contributed by atoms with van der Waals surface area (Å²) in [6.45, 7) is 1.94. The Balaban J connectivity index is 1.58. The van der Waals surface area contributed by atoms with Crippen molar-refractivity contribution in [3.05, 3.63) is 93.1 Å². The van der Waals surface area contributed by atoms with E-state index in [1.807, 2.05) is 37.3 Å². The van der Waals surface area contributed by atoms with Crippen LogP contribution in [-0.4, -0.2) is 20.1 Å². The number of carbonyl (C=O) groups excluding carboxylic acids is 1. The van der Waals surface area contributed by atoms with Crippen LogP contribution in [0.2, 0.25) is 0 Å². The van der Waals surface area contributed by atoms with Crippen LogP contribution in [-0.2, 0) is 4.79 Å². The van der Waals surface area contributed by atoms with Gasteiger partial charge < -0.3 is 4.42 Å². The number of nitro benzene ring substituents is 1. The third kappa shape index (κ3) is 3.92. The van der Waals surface area contributed by atoms with Crippen LogP contribution in [0, 0.1) is 10.1 Å². The minimum Gasteiger partial charge on any atom is -0.457 e. The summed E-state index contributed by atoms with van der Waals surface area (Å²) in [7, 11) is 0. The predicted octanol–water partition coefficient (Wildman–Crippen LogP) is 5.82. The van der Waals surface area contributed by atoms with Crippen molar-refractivity contribution in [2.24, 2.45) is 0 Å². The first-order valence-electron chi connectivity index (χ1n) is 9.11. The molecule has 1 aliphatic rings. The van der Waals surface area contributed by atoms with Crippen LogP contribution in [0.4, 0.5) is 5.69 Å². The first kappa shape index (κ1) is 20.1. The molecule has 4 rings (SSSR count). The lowest BCUT2D eigenvalue weighted by molar-refractivity contribution is -0.384. The molecule has 8 heteroatoms. The topological polar surface area (TPSA) is 76.6 Å². The molecule has 30 heavy (non-hydrogen) atoms. The molecule has 6 nitrogen and oxygen atoms in total. The fourth-order valence-corrected chi connectivity index (χ4v) is 4.58. The van der Waals surface area contributed by atoms with E-state index in [1.165, 1.54) is 23.9 Å². The normalized spacial score (nSPS) is 16.3. The Morgan fingerprint density at radius 3 is 2.63 bits per heavy atom. The largest absolute Gasteiger partial charge is 0.457 e. The average Bonchev–Trinajstić information content (AvgIpc) is 3.33. The maximum Gasteiger partial charge on any atom is 0.270 e. The smallest absolute Gasteiger partial charge is 0.270 e. The van der Waals surface area contributed by atoms with E-state index < -0.39 is 4.92 Å². The predicted molar refractivity (Wildman–Crippen MR) is 121 cm³/mol. The van der Waals surface area contributed by atoms with Crippen LogP contribution in [0.1, 0.15) is 24.3 Å². The fourth-order valence-electron chi connectivity index (χ4n) is 3.18. The van der Waals surface area contributed by atoms with Crippen LogP contribution in [0.5, 0.6) is 0 Å². The molecule has 0 N–H and O–H groups in total. The van der Waals surface area contributed by atoms with Gasteiger partial charge >= 0.3 is 0 Å². The summed E-state index contributed by atoms with van der Waals surface area (Å²) in [6, 6.07) is 19.2. The van der Waals surface area contributed by atoms with Gasteiger partial charge in [-0.15, -0.1) is 0 Å². The summed E-state index contributed by atoms with van der Waals surface area (Å²) in [5.74, 6) is 0.789. The molecule has 0 unspecified atom stereocenters. The Morgan fingerprint density at radius 2 is 1.90 bits per heavy atom. The molecular weight excluding hydrogens is 420 g/mol. The molecule has 2 aromatic carbocycles. The number of amides is 1. The molecule has 0 aliphatic carbocycles. The standard InChI is InChI=1S/C22H16N2O4S2/c1-14(15-6-3-2-4-7-15)23-21(25)20(30-22(23)29)13-18-10-11-19(28-18)16-8-5-9-17(12-16)24(26)27/h2-14H,1H3/b20-13-/t14-/m0/s1. The van der Waals surface area contributed by atoms with Gasteiger partial charge in [-0.25, -0.2) is 0 Å². The van der Waals surface area contributed by atoms with Crippen LogP contribution in [0.15, 0.2) is 76.1 Å². The maximum atomic E-state index is 13.0. The highest BCUT2D eigenvalue weighted by atomic mass is 32.2. The van der Waals surface area contributed by atoms with E-state index in [0.717, 1.165) is 5.56 Å². The molecule has 2 heterocycles. The van der Waals surface area contributed by atoms with Crippen molar-refractivity contribution in [1.29, 1.82) is 0 Å². The number of thioether (sulfide) groups is 1. The molecule has 1 saturated heterocycles. The van der Waals surface area contributed by atoms with Gasteiger partial charge in [0.15, 0.2) is 0 Å². The number of nitrogens with zero attached hydrogens (tertiary/aromatic N) is 2. The van der Waals surface area contributed by atoms with Gasteiger partial charge in [-0.05, 0) is 24.6 Å². The van der Waals surface area contributed by atoms with E-state index in [9.17, 15) is 14.9 Å². The SMILES string of the molecule is C[C@@H](c1ccccc1)N1C(=O)/C(=C/c2ccc(-c3cccc([N+](=O)[O-])c3)o2)SC1=S. The molecule has 1 fully saturated rings. The number of furan rings is 1. The zero-order chi connectivity index (χ0) is 21.3. The van der Waals surface area contributed by atoms with Gasteiger partial charge in [0.1, 0.15) is 15.8 Å². The van der Waals surface area contributed by atoms with Gasteiger partial charge in [0.05, 0.1) is 15.9 Å². The number of hydrogen-bond donors (Lipinski definition) is 0. The van der Waals surface area contributed by atoms with E-state index in [-0.39, 0.29) is 17.6 Å². The molecule has 3 aromatic rings. The van der Waals surface area contributed by atoms with E-state index in [1.54, 1.807) is 35.2 Å². The molecule has 0 radical (unpaired) electrons. The Bertz CT molecular complexity index is 1170. The van der Waals surface area contributed by atoms with Crippen molar-refractivity contribution in [3.63, 3.8) is 0 Å². The molecular formula is C22H16N2O4S2. The van der Waals surface area contributed by atoms with E-state index in [0.29, 0.717) is 26.3 Å². The van der Waals surface area contributed by atoms with Crippen LogP contribution < -0.4 is 0 Å². The Morgan fingerprint density at radius 1 is 1.13 bits per heavy atom. The molecule has 0 bridgehead atoms. The maximum absolute atomic E-state index is 13.0. The summed E-state index contributed by atoms with van der Waals surface area (Å²) in [5.41, 5.74) is 1.58. The summed E-state index contributed by atoms with van der Waals surface area (Å²) >= 11 is 6.67. The third-order valence-corrected chi connectivity index (χ3v) is 6.06. The minimum absolute atomic E-state index is 0.0128. The number of thiocarbonyl (C=S) groups is 1. The number of hydrogen-bond acceptors (Lipinski definition) is 6. The highest BCUT2D eigenvalue weighted by molar-refractivity contribution is 8.26. The molecule has 150 valence electrons. The quantitative estimate of drug-likeness (QED) is 0.217. The van der Waals surface area contributed by atoms with Crippen molar-refractivity contribution in [1.82, 2.24) is 4.90 Å². The van der Waals surface area contributed by atoms with Crippen LogP contribution in [0.3, 0.4) is 0 Å². The second kappa shape index (κ2) is 8.25. The number of rotatable bonds is 5. The van der Waals surface area contributed by atoms with Crippen molar-refractivity contribution in [3.8, 4) is 11.3 Å². The van der Waals surface area contributed by atoms with Crippen molar-refractivity contribution in [2.75, 3.05) is 0 Å². The van der Waals surface area contributed by atoms with E-state index in [2.05, 4.69) is 0 Å². The summed E-state index contributed by atoms with van der Waals surface area (Å²) in [6.07, 6.45) is 1.65. The lowest BCUT2D eigenvalue weighted by atomic mass is 10.1. The zero-order valence-electron chi connectivity index (χ0n) is 15.8. The summed E-state index contributed by atoms with van der Waals surface area (Å²) < 4.78 is 6.30. The first-order chi connectivity index (χ1) is 14.4. The third-order valence-electron chi connectivity index (χ3n) is 4.73. The van der Waals surface area contributed by atoms with Crippen molar-refractivity contribution in [2.45, 2.75) is 13.0 Å². The Hall–Kier alpha value is -3.23. The molecule has 1 atom stereocenters. The van der Waals surface area contributed by atoms with Gasteiger partial charge in [0, 0.05) is 23.8 Å². The molecule has 0 spiro atoms. The van der Waals surface area contributed by atoms with Gasteiger partial charge in [-0.2, -0.15) is 0 Å². The van der Waals surface area contributed by atoms with Crippen LogP contribution >= 0.6 is 24.0 Å². The highest BCUT2D eigenvalue weighted by Crippen LogP contribution is 2.38. The monoisotopic (exact) mass is 436 g/mol. The highest BCUT2D eigenvalue weighted by Gasteiger charge is 2.36. The Kier molecular flexibility index (Phi) is 5.52. The van der Waals surface area contributed by atoms with Gasteiger partial charge in [0.25, 0.3) is 11.6 Å². The second-order valence-electron chi connectivity index (χ2n) is 6.65. The average molecular weight is 437 g/mol. The fraction of sp³-hybridized carbons (Fsp3) is 0.0909. The molecule has 1 aromatic heterocycles. The molecule has 1 aliphatic heterocycles. The first-order valence-corrected chi connectivity index (χ1v) is 10.3. The lowest BCUT2D eigenvalue weighted by Crippen LogP contribution is -2.30. The number of non-ortho nitro benzene ring substituents is 1. The van der Waals surface area contributed by atoms with Gasteiger partial charge in [-0.1, -0.05) is 66.4 Å². The Labute approximate surface area is 182 Å². The minimum atomic E-state index is -0.452. The van der Waals surface area contributed by atoms with E-state index in [4.69, 9.17) is 16.6 Å². The number of nitro groups is 1. The summed E-state index contributed by atoms with van der Waals surface area (Å²) in [4.78, 5) is 25.6. The summed E-state index contributed by atoms with van der Waals surface area (Å²) in [5, 5.41) is 11.0. The van der Waals surface area contributed by atoms with Crippen molar-refractivity contribution < 1.29 is 14.1 Å². The lowest BCUT2D eigenvalue weighted by Gasteiger charge is -2.23. The number of carbonyl (C=O) groups is 1. The van der Waals surface area contributed by atoms with Gasteiger partial charge in [-0.3, -0.25) is 19.8 Å². The molecule has 0 saturated carbocycles. The van der Waals surface area contributed by atoms with E-state index >= 15 is 0 Å². The van der Waals surface area contributed by atoms with Crippen LogP contribution in [0.25, 0.3) is 17.4 Å². The van der Waals surface area contributed by atoms with Gasteiger partial charge in [0.2, 0.25) is 0 Å². The second-order valence-corrected chi connectivity index (χ2v) is 8.32. The number of benzene rings is 2. The molecule has 1 amide bonds.